The molecule has 0 spiro atoms. The third-order valence-corrected chi connectivity index (χ3v) is 3.53. The van der Waals surface area contributed by atoms with Crippen molar-refractivity contribution in [3.63, 3.8) is 0 Å². The number of nitrogens with zero attached hydrogens (tertiary/aromatic N) is 1. The van der Waals surface area contributed by atoms with E-state index in [1.165, 1.54) is 0 Å². The highest BCUT2D eigenvalue weighted by Gasteiger charge is 2.07. The molecule has 2 N–H and O–H groups in total. The van der Waals surface area contributed by atoms with Crippen LogP contribution >= 0.6 is 0 Å². The Morgan fingerprint density at radius 1 is 1.17 bits per heavy atom. The molecule has 0 bridgehead atoms. The summed E-state index contributed by atoms with van der Waals surface area (Å²) in [5, 5.41) is 19.3. The summed E-state index contributed by atoms with van der Waals surface area (Å²) in [7, 11) is 1.92. The molecule has 118 valence electrons. The summed E-state index contributed by atoms with van der Waals surface area (Å²) in [4.78, 5) is 1.97. The Hall–Kier alpha value is -2.94. The van der Waals surface area contributed by atoms with E-state index in [1.807, 2.05) is 48.3 Å². The molecule has 0 saturated carbocycles. The van der Waals surface area contributed by atoms with E-state index in [4.69, 9.17) is 0 Å². The van der Waals surface area contributed by atoms with Gasteiger partial charge in [0, 0.05) is 30.9 Å². The highest BCUT2D eigenvalue weighted by molar-refractivity contribution is 5.70. The fourth-order valence-electron chi connectivity index (χ4n) is 2.42. The molecule has 0 aromatic heterocycles. The number of phenols is 1. The summed E-state index contributed by atoms with van der Waals surface area (Å²) in [6, 6.07) is 15.3. The zero-order valence-corrected chi connectivity index (χ0v) is 13.2. The molecule has 0 unspecified atom stereocenters. The summed E-state index contributed by atoms with van der Waals surface area (Å²) in [6.07, 6.45) is 3.24. The molecule has 0 aliphatic carbocycles. The van der Waals surface area contributed by atoms with Crippen LogP contribution in [-0.4, -0.2) is 22.2 Å². The fourth-order valence-corrected chi connectivity index (χ4v) is 2.42. The third-order valence-electron chi connectivity index (χ3n) is 3.53. The average molecular weight is 307 g/mol. The maximum absolute atomic E-state index is 9.99. The van der Waals surface area contributed by atoms with E-state index in [2.05, 4.69) is 13.2 Å². The summed E-state index contributed by atoms with van der Waals surface area (Å²) in [5.41, 5.74) is 3.64. The van der Waals surface area contributed by atoms with Crippen LogP contribution in [0.3, 0.4) is 0 Å². The maximum Gasteiger partial charge on any atom is 0.123 e. The van der Waals surface area contributed by atoms with Gasteiger partial charge in [-0.2, -0.15) is 0 Å². The Kier molecular flexibility index (Phi) is 5.26. The molecule has 0 atom stereocenters. The van der Waals surface area contributed by atoms with Gasteiger partial charge in [-0.05, 0) is 29.3 Å². The van der Waals surface area contributed by atoms with E-state index in [-0.39, 0.29) is 11.5 Å². The molecule has 0 amide bonds. The fraction of sp³-hybridized carbons (Fsp3) is 0.100. The largest absolute Gasteiger partial charge is 0.509 e. The van der Waals surface area contributed by atoms with E-state index in [9.17, 15) is 10.2 Å². The summed E-state index contributed by atoms with van der Waals surface area (Å²) in [6.45, 7) is 7.88. The van der Waals surface area contributed by atoms with Crippen molar-refractivity contribution < 1.29 is 10.2 Å². The molecule has 3 heteroatoms. The van der Waals surface area contributed by atoms with Crippen molar-refractivity contribution in [1.82, 2.24) is 4.90 Å². The SMILES string of the molecule is C=C/C(=C\C(=C)O)N(C)Cc1cccc(-c2ccccc2O)c1. The Morgan fingerprint density at radius 3 is 2.57 bits per heavy atom. The van der Waals surface area contributed by atoms with E-state index >= 15 is 0 Å². The van der Waals surface area contributed by atoms with Gasteiger partial charge in [0.05, 0.1) is 0 Å². The zero-order valence-electron chi connectivity index (χ0n) is 13.2. The van der Waals surface area contributed by atoms with Crippen LogP contribution in [0.5, 0.6) is 5.75 Å². The van der Waals surface area contributed by atoms with E-state index in [0.717, 1.165) is 22.4 Å². The van der Waals surface area contributed by atoms with Gasteiger partial charge >= 0.3 is 0 Å². The lowest BCUT2D eigenvalue weighted by Crippen LogP contribution is -2.16. The summed E-state index contributed by atoms with van der Waals surface area (Å²) in [5.74, 6) is 0.260. The molecule has 0 radical (unpaired) electrons. The molecular formula is C20H21NO2. The van der Waals surface area contributed by atoms with Crippen LogP contribution in [0.2, 0.25) is 0 Å². The van der Waals surface area contributed by atoms with Gasteiger partial charge in [0.15, 0.2) is 0 Å². The van der Waals surface area contributed by atoms with Crippen LogP contribution in [0.15, 0.2) is 85.3 Å². The monoisotopic (exact) mass is 307 g/mol. The molecule has 0 fully saturated rings. The molecule has 0 heterocycles. The van der Waals surface area contributed by atoms with Gasteiger partial charge in [-0.1, -0.05) is 49.6 Å². The number of likely N-dealkylation sites (N-methyl/N-ethyl adjacent to an activating group) is 1. The number of aliphatic hydroxyl groups excluding tert-OH is 1. The number of rotatable bonds is 6. The average Bonchev–Trinajstić information content (AvgIpc) is 2.53. The molecule has 2 aromatic rings. The van der Waals surface area contributed by atoms with Crippen molar-refractivity contribution in [2.75, 3.05) is 7.05 Å². The lowest BCUT2D eigenvalue weighted by atomic mass is 10.0. The molecule has 0 saturated heterocycles. The number of benzene rings is 2. The molecule has 23 heavy (non-hydrogen) atoms. The van der Waals surface area contributed by atoms with E-state index < -0.39 is 0 Å². The second-order valence-corrected chi connectivity index (χ2v) is 5.34. The minimum Gasteiger partial charge on any atom is -0.509 e. The van der Waals surface area contributed by atoms with Gasteiger partial charge in [0.2, 0.25) is 0 Å². The predicted molar refractivity (Wildman–Crippen MR) is 95.1 cm³/mol. The Balaban J connectivity index is 2.25. The molecule has 0 aliphatic rings. The molecular weight excluding hydrogens is 286 g/mol. The van der Waals surface area contributed by atoms with Gasteiger partial charge in [0.1, 0.15) is 11.5 Å². The van der Waals surface area contributed by atoms with Gasteiger partial charge in [0.25, 0.3) is 0 Å². The van der Waals surface area contributed by atoms with Crippen LogP contribution in [-0.2, 0) is 6.54 Å². The van der Waals surface area contributed by atoms with Crippen molar-refractivity contribution >= 4 is 0 Å². The normalized spacial score (nSPS) is 11.1. The Labute approximate surface area is 137 Å². The molecule has 2 aromatic carbocycles. The highest BCUT2D eigenvalue weighted by atomic mass is 16.3. The maximum atomic E-state index is 9.99. The minimum atomic E-state index is -0.00490. The first-order chi connectivity index (χ1) is 11.0. The van der Waals surface area contributed by atoms with Crippen molar-refractivity contribution in [3.05, 3.63) is 90.9 Å². The van der Waals surface area contributed by atoms with Crippen molar-refractivity contribution in [2.24, 2.45) is 0 Å². The number of para-hydroxylation sites is 1. The first kappa shape index (κ1) is 16.4. The second kappa shape index (κ2) is 7.36. The van der Waals surface area contributed by atoms with Gasteiger partial charge in [-0.3, -0.25) is 0 Å². The number of aromatic hydroxyl groups is 1. The van der Waals surface area contributed by atoms with E-state index in [0.29, 0.717) is 6.54 Å². The van der Waals surface area contributed by atoms with Crippen molar-refractivity contribution in [3.8, 4) is 16.9 Å². The van der Waals surface area contributed by atoms with Crippen LogP contribution in [0.25, 0.3) is 11.1 Å². The standard InChI is InChI=1S/C20H21NO2/c1-4-18(12-15(2)22)21(3)14-16-8-7-9-17(13-16)19-10-5-6-11-20(19)23/h4-13,22-23H,1-2,14H2,3H3/b18-12+. The number of hydrogen-bond donors (Lipinski definition) is 2. The lowest BCUT2D eigenvalue weighted by molar-refractivity contribution is 0.406. The number of allylic oxidation sites excluding steroid dienone is 2. The topological polar surface area (TPSA) is 43.7 Å². The Morgan fingerprint density at radius 2 is 1.91 bits per heavy atom. The summed E-state index contributed by atoms with van der Waals surface area (Å²) < 4.78 is 0. The van der Waals surface area contributed by atoms with Crippen LogP contribution < -0.4 is 0 Å². The Bertz CT molecular complexity index is 747. The third kappa shape index (κ3) is 4.27. The predicted octanol–water partition coefficient (Wildman–Crippen LogP) is 4.63. The number of hydrogen-bond acceptors (Lipinski definition) is 3. The van der Waals surface area contributed by atoms with Crippen LogP contribution in [0.4, 0.5) is 0 Å². The molecule has 3 nitrogen and oxygen atoms in total. The van der Waals surface area contributed by atoms with Crippen molar-refractivity contribution in [2.45, 2.75) is 6.54 Å². The smallest absolute Gasteiger partial charge is 0.123 e. The number of aliphatic hydroxyl groups is 1. The molecule has 2 rings (SSSR count). The van der Waals surface area contributed by atoms with Gasteiger partial charge in [-0.15, -0.1) is 0 Å². The highest BCUT2D eigenvalue weighted by Crippen LogP contribution is 2.29. The van der Waals surface area contributed by atoms with Crippen molar-refractivity contribution in [1.29, 1.82) is 0 Å². The van der Waals surface area contributed by atoms with Gasteiger partial charge < -0.3 is 15.1 Å². The van der Waals surface area contributed by atoms with E-state index in [1.54, 1.807) is 24.3 Å². The second-order valence-electron chi connectivity index (χ2n) is 5.34. The lowest BCUT2D eigenvalue weighted by Gasteiger charge is -2.21. The minimum absolute atomic E-state index is 0.00490. The number of phenolic OH excluding ortho intramolecular Hbond substituents is 1. The first-order valence-electron chi connectivity index (χ1n) is 7.31. The van der Waals surface area contributed by atoms with Crippen LogP contribution in [0.1, 0.15) is 5.56 Å². The molecule has 0 aliphatic heterocycles. The zero-order chi connectivity index (χ0) is 16.8. The van der Waals surface area contributed by atoms with Gasteiger partial charge in [-0.25, -0.2) is 0 Å². The quantitative estimate of drug-likeness (QED) is 0.604. The first-order valence-corrected chi connectivity index (χ1v) is 7.31. The van der Waals surface area contributed by atoms with Crippen LogP contribution in [0, 0.1) is 0 Å². The summed E-state index contributed by atoms with van der Waals surface area (Å²) >= 11 is 0.